The first-order valence-corrected chi connectivity index (χ1v) is 8.04. The zero-order chi connectivity index (χ0) is 19.6. The smallest absolute Gasteiger partial charge is 0.274 e. The highest BCUT2D eigenvalue weighted by Gasteiger charge is 2.15. The molecular weight excluding hydrogens is 342 g/mol. The highest BCUT2D eigenvalue weighted by Crippen LogP contribution is 2.22. The number of hydrogen-bond acceptors (Lipinski definition) is 6. The van der Waals surface area contributed by atoms with Crippen LogP contribution in [0.25, 0.3) is 0 Å². The Balaban J connectivity index is 1.87. The Morgan fingerprint density at radius 2 is 2.11 bits per heavy atom. The van der Waals surface area contributed by atoms with Crippen LogP contribution in [0.2, 0.25) is 0 Å². The Labute approximate surface area is 155 Å². The molecule has 0 bridgehead atoms. The quantitative estimate of drug-likeness (QED) is 0.485. The average molecular weight is 359 g/mol. The number of amides is 1. The molecule has 8 nitrogen and oxygen atoms in total. The second-order valence-corrected chi connectivity index (χ2v) is 6.04. The second kappa shape index (κ2) is 7.09. The fourth-order valence-corrected chi connectivity index (χ4v) is 2.62. The van der Waals surface area contributed by atoms with Gasteiger partial charge < -0.3 is 11.1 Å². The second-order valence-electron chi connectivity index (χ2n) is 6.04. The number of nitrogens with zero attached hydrogens (tertiary/aromatic N) is 4. The number of hydrogen-bond donors (Lipinski definition) is 3. The molecule has 4 N–H and O–H groups in total. The van der Waals surface area contributed by atoms with E-state index in [1.54, 1.807) is 55.3 Å². The molecule has 1 amide bonds. The standard InChI is InChI=1S/C19H17N7O/c1-11-5-12(7-20)8-23-18(11)19(27)25-14-3-4-16(21)15(6-14)17(22)13-9-24-26(2)10-13/h3-6,8-10,22H,21H2,1-2H3,(H,25,27). The minimum atomic E-state index is -0.402. The summed E-state index contributed by atoms with van der Waals surface area (Å²) in [6.07, 6.45) is 4.66. The SMILES string of the molecule is Cc1cc(C#N)cnc1C(=O)Nc1ccc(N)c(C(=N)c2cnn(C)c2)c1. The summed E-state index contributed by atoms with van der Waals surface area (Å²) in [7, 11) is 1.77. The molecule has 0 aliphatic carbocycles. The zero-order valence-electron chi connectivity index (χ0n) is 14.8. The van der Waals surface area contributed by atoms with E-state index in [0.717, 1.165) is 0 Å². The van der Waals surface area contributed by atoms with E-state index < -0.39 is 5.91 Å². The van der Waals surface area contributed by atoms with Crippen LogP contribution in [0.5, 0.6) is 0 Å². The summed E-state index contributed by atoms with van der Waals surface area (Å²) < 4.78 is 1.60. The summed E-state index contributed by atoms with van der Waals surface area (Å²) in [6, 6.07) is 8.53. The van der Waals surface area contributed by atoms with Crippen molar-refractivity contribution in [1.29, 1.82) is 10.7 Å². The van der Waals surface area contributed by atoms with Crippen LogP contribution in [0.1, 0.15) is 32.7 Å². The maximum atomic E-state index is 12.5. The fraction of sp³-hybridized carbons (Fsp3) is 0.105. The van der Waals surface area contributed by atoms with Gasteiger partial charge in [0.25, 0.3) is 5.91 Å². The normalized spacial score (nSPS) is 10.3. The van der Waals surface area contributed by atoms with Gasteiger partial charge in [-0.15, -0.1) is 0 Å². The van der Waals surface area contributed by atoms with Crippen LogP contribution in [-0.4, -0.2) is 26.4 Å². The minimum Gasteiger partial charge on any atom is -0.398 e. The van der Waals surface area contributed by atoms with Crippen molar-refractivity contribution < 1.29 is 4.79 Å². The summed E-state index contributed by atoms with van der Waals surface area (Å²) in [6.45, 7) is 1.72. The summed E-state index contributed by atoms with van der Waals surface area (Å²) in [5.41, 5.74) is 9.48. The lowest BCUT2D eigenvalue weighted by Crippen LogP contribution is -2.16. The van der Waals surface area contributed by atoms with Crippen molar-refractivity contribution >= 4 is 23.0 Å². The minimum absolute atomic E-state index is 0.212. The van der Waals surface area contributed by atoms with E-state index in [1.165, 1.54) is 6.20 Å². The molecule has 0 radical (unpaired) electrons. The molecule has 2 aromatic heterocycles. The van der Waals surface area contributed by atoms with Crippen LogP contribution in [0.15, 0.2) is 42.9 Å². The van der Waals surface area contributed by atoms with Gasteiger partial charge in [-0.1, -0.05) is 0 Å². The van der Waals surface area contributed by atoms with Crippen molar-refractivity contribution in [1.82, 2.24) is 14.8 Å². The molecule has 8 heteroatoms. The van der Waals surface area contributed by atoms with Crippen molar-refractivity contribution in [2.24, 2.45) is 7.05 Å². The van der Waals surface area contributed by atoms with Crippen molar-refractivity contribution in [3.63, 3.8) is 0 Å². The third kappa shape index (κ3) is 3.67. The third-order valence-corrected chi connectivity index (χ3v) is 4.00. The van der Waals surface area contributed by atoms with Crippen LogP contribution in [0, 0.1) is 23.7 Å². The number of carbonyl (C=O) groups is 1. The Kier molecular flexibility index (Phi) is 4.68. The van der Waals surface area contributed by atoms with Crippen molar-refractivity contribution in [2.45, 2.75) is 6.92 Å². The van der Waals surface area contributed by atoms with Gasteiger partial charge in [-0.2, -0.15) is 10.4 Å². The van der Waals surface area contributed by atoms with E-state index in [0.29, 0.717) is 33.6 Å². The van der Waals surface area contributed by atoms with Gasteiger partial charge in [0.05, 0.1) is 17.5 Å². The number of pyridine rings is 1. The molecule has 134 valence electrons. The molecule has 0 aliphatic rings. The highest BCUT2D eigenvalue weighted by molar-refractivity contribution is 6.14. The summed E-state index contributed by atoms with van der Waals surface area (Å²) in [5, 5.41) is 24.1. The highest BCUT2D eigenvalue weighted by atomic mass is 16.1. The Bertz CT molecular complexity index is 1090. The van der Waals surface area contributed by atoms with Gasteiger partial charge in [0.15, 0.2) is 0 Å². The van der Waals surface area contributed by atoms with E-state index in [9.17, 15) is 4.79 Å². The molecule has 3 rings (SSSR count). The first kappa shape index (κ1) is 17.8. The first-order chi connectivity index (χ1) is 12.9. The molecule has 27 heavy (non-hydrogen) atoms. The van der Waals surface area contributed by atoms with E-state index in [4.69, 9.17) is 16.4 Å². The van der Waals surface area contributed by atoms with E-state index >= 15 is 0 Å². The number of nitrogen functional groups attached to an aromatic ring is 1. The van der Waals surface area contributed by atoms with Gasteiger partial charge >= 0.3 is 0 Å². The van der Waals surface area contributed by atoms with Crippen LogP contribution in [-0.2, 0) is 7.05 Å². The topological polar surface area (TPSA) is 133 Å². The molecule has 0 spiro atoms. The van der Waals surface area contributed by atoms with Gasteiger partial charge in [-0.25, -0.2) is 4.98 Å². The molecule has 0 unspecified atom stereocenters. The maximum Gasteiger partial charge on any atom is 0.274 e. The maximum absolute atomic E-state index is 12.5. The zero-order valence-corrected chi connectivity index (χ0v) is 14.8. The predicted octanol–water partition coefficient (Wildman–Crippen LogP) is 2.25. The molecule has 1 aromatic carbocycles. The number of aromatic nitrogens is 3. The van der Waals surface area contributed by atoms with Gasteiger partial charge in [-0.3, -0.25) is 14.9 Å². The van der Waals surface area contributed by atoms with Gasteiger partial charge in [0.1, 0.15) is 11.8 Å². The first-order valence-electron chi connectivity index (χ1n) is 8.04. The number of nitrogens with one attached hydrogen (secondary N) is 2. The summed E-state index contributed by atoms with van der Waals surface area (Å²) in [4.78, 5) is 16.6. The molecule has 0 fully saturated rings. The van der Waals surface area contributed by atoms with E-state index in [-0.39, 0.29) is 11.4 Å². The van der Waals surface area contributed by atoms with E-state index in [2.05, 4.69) is 15.4 Å². The third-order valence-electron chi connectivity index (χ3n) is 4.00. The molecule has 3 aromatic rings. The molecule has 0 saturated carbocycles. The largest absolute Gasteiger partial charge is 0.398 e. The Morgan fingerprint density at radius 3 is 2.74 bits per heavy atom. The number of anilines is 2. The van der Waals surface area contributed by atoms with Crippen molar-refractivity contribution in [3.8, 4) is 6.07 Å². The molecule has 0 atom stereocenters. The fourth-order valence-electron chi connectivity index (χ4n) is 2.62. The monoisotopic (exact) mass is 359 g/mol. The van der Waals surface area contributed by atoms with Crippen LogP contribution in [0.4, 0.5) is 11.4 Å². The average Bonchev–Trinajstić information content (AvgIpc) is 3.08. The number of carbonyl (C=O) groups excluding carboxylic acids is 1. The lowest BCUT2D eigenvalue weighted by molar-refractivity contribution is 0.102. The Hall–Kier alpha value is -3.99. The molecule has 2 heterocycles. The Morgan fingerprint density at radius 1 is 1.33 bits per heavy atom. The number of rotatable bonds is 4. The summed E-state index contributed by atoms with van der Waals surface area (Å²) >= 11 is 0. The van der Waals surface area contributed by atoms with Crippen LogP contribution < -0.4 is 11.1 Å². The number of nitrogens with two attached hydrogens (primary N) is 1. The lowest BCUT2D eigenvalue weighted by atomic mass is 10.0. The van der Waals surface area contributed by atoms with Crippen LogP contribution >= 0.6 is 0 Å². The van der Waals surface area contributed by atoms with Gasteiger partial charge in [0.2, 0.25) is 0 Å². The summed E-state index contributed by atoms with van der Waals surface area (Å²) in [5.74, 6) is -0.402. The van der Waals surface area contributed by atoms with Crippen molar-refractivity contribution in [2.75, 3.05) is 11.1 Å². The number of aryl methyl sites for hydroxylation is 2. The van der Waals surface area contributed by atoms with Crippen LogP contribution in [0.3, 0.4) is 0 Å². The van der Waals surface area contributed by atoms with Gasteiger partial charge in [0, 0.05) is 41.9 Å². The predicted molar refractivity (Wildman–Crippen MR) is 102 cm³/mol. The number of nitriles is 1. The molecule has 0 saturated heterocycles. The number of benzene rings is 1. The van der Waals surface area contributed by atoms with Gasteiger partial charge in [-0.05, 0) is 36.8 Å². The molecular formula is C19H17N7O. The lowest BCUT2D eigenvalue weighted by Gasteiger charge is -2.11. The van der Waals surface area contributed by atoms with E-state index in [1.807, 2.05) is 6.07 Å². The molecule has 0 aliphatic heterocycles. The van der Waals surface area contributed by atoms with Crippen molar-refractivity contribution in [3.05, 3.63) is 70.8 Å².